The van der Waals surface area contributed by atoms with Crippen LogP contribution in [0.1, 0.15) is 25.5 Å². The van der Waals surface area contributed by atoms with Gasteiger partial charge in [-0.25, -0.2) is 0 Å². The number of nitrogens with one attached hydrogen (secondary N) is 1. The summed E-state index contributed by atoms with van der Waals surface area (Å²) in [6.45, 7) is 4.22. The van der Waals surface area contributed by atoms with E-state index in [1.807, 2.05) is 12.1 Å². The highest BCUT2D eigenvalue weighted by molar-refractivity contribution is 5.76. The smallest absolute Gasteiger partial charge is 0.153 e. The van der Waals surface area contributed by atoms with E-state index in [1.54, 1.807) is 12.4 Å². The summed E-state index contributed by atoms with van der Waals surface area (Å²) < 4.78 is 0. The molecular weight excluding hydrogens is 188 g/mol. The molecule has 2 heterocycles. The average Bonchev–Trinajstić information content (AvgIpc) is 2.61. The highest BCUT2D eigenvalue weighted by Crippen LogP contribution is 2.31. The van der Waals surface area contributed by atoms with Crippen LogP contribution < -0.4 is 5.73 Å². The number of hydrogen-bond donors (Lipinski definition) is 2. The molecule has 3 N–H and O–H groups in total. The first-order chi connectivity index (χ1) is 7.20. The largest absolute Gasteiger partial charge is 0.382 e. The van der Waals surface area contributed by atoms with Gasteiger partial charge in [0.1, 0.15) is 0 Å². The Morgan fingerprint density at radius 2 is 1.93 bits per heavy atom. The van der Waals surface area contributed by atoms with E-state index in [4.69, 9.17) is 5.73 Å². The number of nitrogens with two attached hydrogens (primary N) is 1. The molecule has 0 aliphatic rings. The summed E-state index contributed by atoms with van der Waals surface area (Å²) in [5.41, 5.74) is 8.97. The van der Waals surface area contributed by atoms with E-state index in [2.05, 4.69) is 29.0 Å². The summed E-state index contributed by atoms with van der Waals surface area (Å²) in [5.74, 6) is 0.919. The summed E-state index contributed by atoms with van der Waals surface area (Å²) >= 11 is 0. The van der Waals surface area contributed by atoms with Gasteiger partial charge in [-0.05, 0) is 23.6 Å². The second kappa shape index (κ2) is 3.73. The van der Waals surface area contributed by atoms with Gasteiger partial charge in [-0.15, -0.1) is 0 Å². The minimum atomic E-state index is 0.373. The molecule has 0 radical (unpaired) electrons. The van der Waals surface area contributed by atoms with E-state index in [0.29, 0.717) is 11.7 Å². The topological polar surface area (TPSA) is 67.6 Å². The number of aromatic amines is 1. The molecular formula is C11H14N4. The monoisotopic (exact) mass is 202 g/mol. The summed E-state index contributed by atoms with van der Waals surface area (Å²) in [6.07, 6.45) is 3.51. The molecule has 78 valence electrons. The van der Waals surface area contributed by atoms with Gasteiger partial charge in [-0.3, -0.25) is 10.1 Å². The van der Waals surface area contributed by atoms with Crippen molar-refractivity contribution < 1.29 is 0 Å². The highest BCUT2D eigenvalue weighted by atomic mass is 15.2. The Bertz CT molecular complexity index is 445. The van der Waals surface area contributed by atoms with E-state index in [1.165, 1.54) is 0 Å². The van der Waals surface area contributed by atoms with Crippen molar-refractivity contribution in [3.05, 3.63) is 30.2 Å². The Balaban J connectivity index is 2.57. The van der Waals surface area contributed by atoms with Crippen molar-refractivity contribution in [2.75, 3.05) is 5.73 Å². The van der Waals surface area contributed by atoms with Crippen molar-refractivity contribution in [2.45, 2.75) is 19.8 Å². The van der Waals surface area contributed by atoms with Crippen molar-refractivity contribution in [3.8, 4) is 11.1 Å². The van der Waals surface area contributed by atoms with Crippen LogP contribution in [0.25, 0.3) is 11.1 Å². The number of hydrogen-bond acceptors (Lipinski definition) is 3. The third-order valence-electron chi connectivity index (χ3n) is 2.37. The zero-order valence-corrected chi connectivity index (χ0v) is 8.86. The van der Waals surface area contributed by atoms with Crippen molar-refractivity contribution in [1.82, 2.24) is 15.2 Å². The van der Waals surface area contributed by atoms with Gasteiger partial charge >= 0.3 is 0 Å². The second-order valence-electron chi connectivity index (χ2n) is 3.79. The molecule has 15 heavy (non-hydrogen) atoms. The van der Waals surface area contributed by atoms with Gasteiger partial charge < -0.3 is 5.73 Å². The molecule has 0 atom stereocenters. The van der Waals surface area contributed by atoms with Crippen LogP contribution in [0.15, 0.2) is 24.5 Å². The van der Waals surface area contributed by atoms with Gasteiger partial charge in [0.25, 0.3) is 0 Å². The van der Waals surface area contributed by atoms with Crippen LogP contribution in [-0.2, 0) is 0 Å². The lowest BCUT2D eigenvalue weighted by Crippen LogP contribution is -1.93. The third-order valence-corrected chi connectivity index (χ3v) is 2.37. The molecule has 2 aromatic heterocycles. The van der Waals surface area contributed by atoms with Crippen LogP contribution in [-0.4, -0.2) is 15.2 Å². The van der Waals surface area contributed by atoms with E-state index in [-0.39, 0.29) is 0 Å². The number of pyridine rings is 1. The molecule has 0 aliphatic heterocycles. The highest BCUT2D eigenvalue weighted by Gasteiger charge is 2.14. The summed E-state index contributed by atoms with van der Waals surface area (Å²) in [7, 11) is 0. The van der Waals surface area contributed by atoms with Crippen LogP contribution in [0.5, 0.6) is 0 Å². The quantitative estimate of drug-likeness (QED) is 0.784. The van der Waals surface area contributed by atoms with E-state index < -0.39 is 0 Å². The standard InChI is InChI=1S/C11H14N4/c1-7(2)10-9(11(12)15-14-10)8-3-5-13-6-4-8/h3-7H,1-2H3,(H3,12,14,15). The molecule has 0 aliphatic carbocycles. The van der Waals surface area contributed by atoms with Gasteiger partial charge in [0.15, 0.2) is 5.82 Å². The molecule has 0 spiro atoms. The molecule has 0 fully saturated rings. The first-order valence-electron chi connectivity index (χ1n) is 4.94. The Labute approximate surface area is 88.5 Å². The minimum Gasteiger partial charge on any atom is -0.382 e. The molecule has 2 aromatic rings. The number of anilines is 1. The fraction of sp³-hybridized carbons (Fsp3) is 0.273. The number of nitrogen functional groups attached to an aromatic ring is 1. The third kappa shape index (κ3) is 1.70. The van der Waals surface area contributed by atoms with Crippen LogP contribution in [0.4, 0.5) is 5.82 Å². The molecule has 0 saturated carbocycles. The first kappa shape index (κ1) is 9.71. The lowest BCUT2D eigenvalue weighted by Gasteiger charge is -2.06. The Hall–Kier alpha value is -1.84. The van der Waals surface area contributed by atoms with Crippen LogP contribution in [0.3, 0.4) is 0 Å². The SMILES string of the molecule is CC(C)c1[nH]nc(N)c1-c1ccncc1. The van der Waals surface area contributed by atoms with Crippen molar-refractivity contribution in [2.24, 2.45) is 0 Å². The van der Waals surface area contributed by atoms with E-state index >= 15 is 0 Å². The van der Waals surface area contributed by atoms with Crippen LogP contribution >= 0.6 is 0 Å². The second-order valence-corrected chi connectivity index (χ2v) is 3.79. The summed E-state index contributed by atoms with van der Waals surface area (Å²) in [5, 5.41) is 7.02. The lowest BCUT2D eigenvalue weighted by molar-refractivity contribution is 0.812. The van der Waals surface area contributed by atoms with Gasteiger partial charge in [-0.1, -0.05) is 13.8 Å². The maximum absolute atomic E-state index is 5.85. The van der Waals surface area contributed by atoms with E-state index in [0.717, 1.165) is 16.8 Å². The van der Waals surface area contributed by atoms with Crippen LogP contribution in [0.2, 0.25) is 0 Å². The molecule has 0 aromatic carbocycles. The summed E-state index contributed by atoms with van der Waals surface area (Å²) in [6, 6.07) is 3.88. The van der Waals surface area contributed by atoms with Gasteiger partial charge in [0, 0.05) is 23.7 Å². The van der Waals surface area contributed by atoms with Gasteiger partial charge in [-0.2, -0.15) is 5.10 Å². The zero-order valence-electron chi connectivity index (χ0n) is 8.86. The molecule has 2 rings (SSSR count). The molecule has 0 amide bonds. The molecule has 4 nitrogen and oxygen atoms in total. The number of rotatable bonds is 2. The lowest BCUT2D eigenvalue weighted by atomic mass is 10.0. The minimum absolute atomic E-state index is 0.373. The molecule has 4 heteroatoms. The number of aromatic nitrogens is 3. The number of nitrogens with zero attached hydrogens (tertiary/aromatic N) is 2. The Morgan fingerprint density at radius 1 is 1.27 bits per heavy atom. The van der Waals surface area contributed by atoms with Gasteiger partial charge in [0.05, 0.1) is 0 Å². The summed E-state index contributed by atoms with van der Waals surface area (Å²) in [4.78, 5) is 3.99. The Kier molecular flexibility index (Phi) is 2.41. The van der Waals surface area contributed by atoms with Crippen molar-refractivity contribution in [1.29, 1.82) is 0 Å². The fourth-order valence-electron chi connectivity index (χ4n) is 1.61. The molecule has 0 bridgehead atoms. The maximum Gasteiger partial charge on any atom is 0.153 e. The normalized spacial score (nSPS) is 10.9. The zero-order chi connectivity index (χ0) is 10.8. The molecule has 0 unspecified atom stereocenters. The number of H-pyrrole nitrogens is 1. The average molecular weight is 202 g/mol. The molecule has 0 saturated heterocycles. The van der Waals surface area contributed by atoms with E-state index in [9.17, 15) is 0 Å². The van der Waals surface area contributed by atoms with Crippen molar-refractivity contribution >= 4 is 5.82 Å². The predicted octanol–water partition coefficient (Wildman–Crippen LogP) is 2.18. The van der Waals surface area contributed by atoms with Crippen LogP contribution in [0, 0.1) is 0 Å². The van der Waals surface area contributed by atoms with Gasteiger partial charge in [0.2, 0.25) is 0 Å². The Morgan fingerprint density at radius 3 is 2.53 bits per heavy atom. The van der Waals surface area contributed by atoms with Crippen molar-refractivity contribution in [3.63, 3.8) is 0 Å². The maximum atomic E-state index is 5.85. The predicted molar refractivity (Wildman–Crippen MR) is 60.3 cm³/mol. The fourth-order valence-corrected chi connectivity index (χ4v) is 1.61. The first-order valence-corrected chi connectivity index (χ1v) is 4.94.